The van der Waals surface area contributed by atoms with E-state index in [2.05, 4.69) is 15.5 Å². The van der Waals surface area contributed by atoms with Gasteiger partial charge in [0.1, 0.15) is 10.8 Å². The van der Waals surface area contributed by atoms with Crippen molar-refractivity contribution >= 4 is 43.8 Å². The summed E-state index contributed by atoms with van der Waals surface area (Å²) in [7, 11) is 0. The summed E-state index contributed by atoms with van der Waals surface area (Å²) < 4.78 is 14.6. The molecule has 0 saturated carbocycles. The monoisotopic (exact) mass is 321 g/mol. The zero-order chi connectivity index (χ0) is 15.0. The smallest absolute Gasteiger partial charge is 0.267 e. The summed E-state index contributed by atoms with van der Waals surface area (Å²) in [6, 6.07) is 4.86. The number of thiophene rings is 1. The summed E-state index contributed by atoms with van der Waals surface area (Å²) in [6.07, 6.45) is 0.778. The Hall–Kier alpha value is -1.86. The SMILES string of the molecule is CCc1nnc(NC(=O)c2sc3cccc(F)c3c2C)s1. The molecule has 0 spiro atoms. The number of fused-ring (bicyclic) bond motifs is 1. The number of hydrogen-bond acceptors (Lipinski definition) is 5. The predicted octanol–water partition coefficient (Wildman–Crippen LogP) is 4.02. The van der Waals surface area contributed by atoms with Gasteiger partial charge in [-0.1, -0.05) is 24.3 Å². The van der Waals surface area contributed by atoms with Crippen LogP contribution < -0.4 is 5.32 Å². The first-order valence-corrected chi connectivity index (χ1v) is 8.04. The van der Waals surface area contributed by atoms with Crippen LogP contribution in [-0.4, -0.2) is 16.1 Å². The van der Waals surface area contributed by atoms with Crippen LogP contribution in [0.4, 0.5) is 9.52 Å². The molecule has 1 amide bonds. The Morgan fingerprint density at radius 2 is 2.14 bits per heavy atom. The minimum Gasteiger partial charge on any atom is -0.296 e. The quantitative estimate of drug-likeness (QED) is 0.793. The van der Waals surface area contributed by atoms with Gasteiger partial charge in [0, 0.05) is 10.1 Å². The standard InChI is InChI=1S/C14H12FN3OS2/c1-3-10-17-18-14(21-10)16-13(19)12-7(2)11-8(15)5-4-6-9(11)20-12/h4-6H,3H2,1-2H3,(H,16,18,19). The summed E-state index contributed by atoms with van der Waals surface area (Å²) in [5.74, 6) is -0.573. The lowest BCUT2D eigenvalue weighted by atomic mass is 10.1. The summed E-state index contributed by atoms with van der Waals surface area (Å²) in [5, 5.41) is 12.5. The molecule has 7 heteroatoms. The Balaban J connectivity index is 1.94. The minimum absolute atomic E-state index is 0.271. The third kappa shape index (κ3) is 2.54. The molecule has 0 radical (unpaired) electrons. The number of anilines is 1. The number of carbonyl (C=O) groups is 1. The fourth-order valence-electron chi connectivity index (χ4n) is 2.07. The molecule has 3 rings (SSSR count). The van der Waals surface area contributed by atoms with Crippen LogP contribution in [0.3, 0.4) is 0 Å². The van der Waals surface area contributed by atoms with Gasteiger partial charge in [0.05, 0.1) is 4.88 Å². The molecule has 1 N–H and O–H groups in total. The highest BCUT2D eigenvalue weighted by atomic mass is 32.1. The average Bonchev–Trinajstić information content (AvgIpc) is 3.04. The van der Waals surface area contributed by atoms with Crippen molar-refractivity contribution in [2.45, 2.75) is 20.3 Å². The molecule has 4 nitrogen and oxygen atoms in total. The fraction of sp³-hybridized carbons (Fsp3) is 0.214. The zero-order valence-electron chi connectivity index (χ0n) is 11.4. The van der Waals surface area contributed by atoms with E-state index >= 15 is 0 Å². The summed E-state index contributed by atoms with van der Waals surface area (Å²) in [6.45, 7) is 3.74. The van der Waals surface area contributed by atoms with Crippen molar-refractivity contribution in [3.63, 3.8) is 0 Å². The van der Waals surface area contributed by atoms with Gasteiger partial charge in [-0.25, -0.2) is 4.39 Å². The molecule has 1 aromatic carbocycles. The molecule has 0 aliphatic heterocycles. The van der Waals surface area contributed by atoms with E-state index < -0.39 is 0 Å². The van der Waals surface area contributed by atoms with Crippen LogP contribution in [0.2, 0.25) is 0 Å². The zero-order valence-corrected chi connectivity index (χ0v) is 13.1. The van der Waals surface area contributed by atoms with Crippen molar-refractivity contribution in [1.29, 1.82) is 0 Å². The van der Waals surface area contributed by atoms with Crippen LogP contribution in [0.1, 0.15) is 27.2 Å². The first-order chi connectivity index (χ1) is 10.1. The molecule has 0 unspecified atom stereocenters. The van der Waals surface area contributed by atoms with E-state index in [0.29, 0.717) is 21.0 Å². The molecule has 108 valence electrons. The molecule has 21 heavy (non-hydrogen) atoms. The Morgan fingerprint density at radius 1 is 1.33 bits per heavy atom. The molecule has 2 aromatic heterocycles. The van der Waals surface area contributed by atoms with Gasteiger partial charge in [0.25, 0.3) is 5.91 Å². The first-order valence-electron chi connectivity index (χ1n) is 6.41. The lowest BCUT2D eigenvalue weighted by Crippen LogP contribution is -2.11. The predicted molar refractivity (Wildman–Crippen MR) is 83.8 cm³/mol. The molecule has 0 aliphatic carbocycles. The Kier molecular flexibility index (Phi) is 3.69. The molecular weight excluding hydrogens is 309 g/mol. The number of carbonyl (C=O) groups excluding carboxylic acids is 1. The van der Waals surface area contributed by atoms with E-state index in [1.165, 1.54) is 28.7 Å². The largest absolute Gasteiger partial charge is 0.296 e. The van der Waals surface area contributed by atoms with Gasteiger partial charge in [0.2, 0.25) is 5.13 Å². The second kappa shape index (κ2) is 5.50. The minimum atomic E-state index is -0.301. The number of benzene rings is 1. The van der Waals surface area contributed by atoms with E-state index in [1.807, 2.05) is 13.0 Å². The van der Waals surface area contributed by atoms with Gasteiger partial charge in [-0.15, -0.1) is 21.5 Å². The van der Waals surface area contributed by atoms with Crippen LogP contribution in [0.15, 0.2) is 18.2 Å². The van der Waals surface area contributed by atoms with Gasteiger partial charge < -0.3 is 0 Å². The Morgan fingerprint density at radius 3 is 2.81 bits per heavy atom. The maximum Gasteiger partial charge on any atom is 0.267 e. The lowest BCUT2D eigenvalue weighted by molar-refractivity contribution is 0.103. The topological polar surface area (TPSA) is 54.9 Å². The first kappa shape index (κ1) is 14.1. The van der Waals surface area contributed by atoms with Gasteiger partial charge >= 0.3 is 0 Å². The van der Waals surface area contributed by atoms with E-state index in [4.69, 9.17) is 0 Å². The van der Waals surface area contributed by atoms with Crippen molar-refractivity contribution < 1.29 is 9.18 Å². The lowest BCUT2D eigenvalue weighted by Gasteiger charge is -1.99. The number of hydrogen-bond donors (Lipinski definition) is 1. The van der Waals surface area contributed by atoms with Crippen LogP contribution in [0, 0.1) is 12.7 Å². The summed E-state index contributed by atoms with van der Waals surface area (Å²) >= 11 is 2.63. The highest BCUT2D eigenvalue weighted by Crippen LogP contribution is 2.33. The maximum atomic E-state index is 13.9. The van der Waals surface area contributed by atoms with Crippen molar-refractivity contribution in [2.75, 3.05) is 5.32 Å². The highest BCUT2D eigenvalue weighted by molar-refractivity contribution is 7.21. The third-order valence-corrected chi connectivity index (χ3v) is 5.34. The van der Waals surface area contributed by atoms with Gasteiger partial charge in [0.15, 0.2) is 0 Å². The van der Waals surface area contributed by atoms with Crippen molar-refractivity contribution in [3.05, 3.63) is 39.5 Å². The molecule has 2 heterocycles. The van der Waals surface area contributed by atoms with E-state index in [-0.39, 0.29) is 11.7 Å². The molecular formula is C14H12FN3OS2. The Labute approximate surface area is 128 Å². The maximum absolute atomic E-state index is 13.9. The molecule has 0 saturated heterocycles. The van der Waals surface area contributed by atoms with E-state index in [0.717, 1.165) is 16.1 Å². The molecule has 0 bridgehead atoms. The molecule has 3 aromatic rings. The van der Waals surface area contributed by atoms with Crippen molar-refractivity contribution in [2.24, 2.45) is 0 Å². The molecule has 0 atom stereocenters. The summed E-state index contributed by atoms with van der Waals surface area (Å²) in [5.41, 5.74) is 0.658. The number of nitrogens with zero attached hydrogens (tertiary/aromatic N) is 2. The van der Waals surface area contributed by atoms with Crippen LogP contribution in [-0.2, 0) is 6.42 Å². The van der Waals surface area contributed by atoms with Crippen LogP contribution >= 0.6 is 22.7 Å². The van der Waals surface area contributed by atoms with E-state index in [1.54, 1.807) is 13.0 Å². The average molecular weight is 321 g/mol. The number of aryl methyl sites for hydroxylation is 2. The van der Waals surface area contributed by atoms with Crippen LogP contribution in [0.5, 0.6) is 0 Å². The number of amides is 1. The highest BCUT2D eigenvalue weighted by Gasteiger charge is 2.18. The summed E-state index contributed by atoms with van der Waals surface area (Å²) in [4.78, 5) is 12.8. The third-order valence-electron chi connectivity index (χ3n) is 3.10. The second-order valence-electron chi connectivity index (χ2n) is 4.48. The van der Waals surface area contributed by atoms with E-state index in [9.17, 15) is 9.18 Å². The molecule has 0 aliphatic rings. The number of nitrogens with one attached hydrogen (secondary N) is 1. The number of rotatable bonds is 3. The Bertz CT molecular complexity index is 825. The van der Waals surface area contributed by atoms with Crippen molar-refractivity contribution in [1.82, 2.24) is 10.2 Å². The van der Waals surface area contributed by atoms with Gasteiger partial charge in [-0.2, -0.15) is 0 Å². The van der Waals surface area contributed by atoms with Gasteiger partial charge in [-0.05, 0) is 31.0 Å². The fourth-order valence-corrected chi connectivity index (χ4v) is 3.86. The number of aromatic nitrogens is 2. The molecule has 0 fully saturated rings. The normalized spacial score (nSPS) is 11.0. The number of halogens is 1. The van der Waals surface area contributed by atoms with Crippen molar-refractivity contribution in [3.8, 4) is 0 Å². The van der Waals surface area contributed by atoms with Gasteiger partial charge in [-0.3, -0.25) is 10.1 Å². The second-order valence-corrected chi connectivity index (χ2v) is 6.59. The van der Waals surface area contributed by atoms with Crippen LogP contribution in [0.25, 0.3) is 10.1 Å².